The van der Waals surface area contributed by atoms with Crippen LogP contribution in [0.15, 0.2) is 36.7 Å². The summed E-state index contributed by atoms with van der Waals surface area (Å²) in [5.41, 5.74) is 0.585. The Morgan fingerprint density at radius 2 is 2.14 bits per heavy atom. The fourth-order valence-corrected chi connectivity index (χ4v) is 1.73. The molecular formula is C14H12N2O5. The van der Waals surface area contributed by atoms with Gasteiger partial charge in [-0.25, -0.2) is 4.79 Å². The van der Waals surface area contributed by atoms with E-state index in [-0.39, 0.29) is 22.7 Å². The monoisotopic (exact) mass is 288 g/mol. The molecule has 0 atom stereocenters. The maximum atomic E-state index is 11.1. The Morgan fingerprint density at radius 3 is 2.76 bits per heavy atom. The summed E-state index contributed by atoms with van der Waals surface area (Å²) in [6.07, 6.45) is 3.13. The molecule has 0 amide bonds. The van der Waals surface area contributed by atoms with Crippen molar-refractivity contribution in [3.05, 3.63) is 57.9 Å². The third kappa shape index (κ3) is 3.33. The number of benzene rings is 1. The largest absolute Gasteiger partial charge is 0.478 e. The van der Waals surface area contributed by atoms with Crippen LogP contribution in [-0.4, -0.2) is 21.0 Å². The Morgan fingerprint density at radius 1 is 1.38 bits per heavy atom. The fraction of sp³-hybridized carbons (Fsp3) is 0.143. The molecule has 0 aliphatic heterocycles. The molecular weight excluding hydrogens is 276 g/mol. The van der Waals surface area contributed by atoms with Crippen LogP contribution >= 0.6 is 0 Å². The quantitative estimate of drug-likeness (QED) is 0.670. The lowest BCUT2D eigenvalue weighted by Gasteiger charge is -2.07. The molecule has 21 heavy (non-hydrogen) atoms. The predicted molar refractivity (Wildman–Crippen MR) is 73.7 cm³/mol. The average Bonchev–Trinajstić information content (AvgIpc) is 2.47. The summed E-state index contributed by atoms with van der Waals surface area (Å²) in [6.45, 7) is 1.89. The lowest BCUT2D eigenvalue weighted by atomic mass is 10.1. The van der Waals surface area contributed by atoms with Crippen LogP contribution in [-0.2, 0) is 6.42 Å². The molecule has 1 heterocycles. The van der Waals surface area contributed by atoms with Crippen molar-refractivity contribution in [2.24, 2.45) is 0 Å². The summed E-state index contributed by atoms with van der Waals surface area (Å²) in [6, 6.07) is 5.90. The zero-order valence-corrected chi connectivity index (χ0v) is 11.1. The normalized spacial score (nSPS) is 10.1. The average molecular weight is 288 g/mol. The van der Waals surface area contributed by atoms with Crippen molar-refractivity contribution < 1.29 is 19.6 Å². The highest BCUT2D eigenvalue weighted by Crippen LogP contribution is 2.32. The van der Waals surface area contributed by atoms with Gasteiger partial charge in [-0.1, -0.05) is 13.0 Å². The maximum Gasteiger partial charge on any atom is 0.337 e. The first-order valence-corrected chi connectivity index (χ1v) is 6.14. The summed E-state index contributed by atoms with van der Waals surface area (Å²) >= 11 is 0. The van der Waals surface area contributed by atoms with Crippen LogP contribution in [0.1, 0.15) is 22.8 Å². The van der Waals surface area contributed by atoms with Gasteiger partial charge in [-0.3, -0.25) is 15.1 Å². The van der Waals surface area contributed by atoms with Gasteiger partial charge >= 0.3 is 11.7 Å². The van der Waals surface area contributed by atoms with Crippen molar-refractivity contribution in [3.63, 3.8) is 0 Å². The van der Waals surface area contributed by atoms with Crippen LogP contribution in [0, 0.1) is 10.1 Å². The van der Waals surface area contributed by atoms with Crippen molar-refractivity contribution in [2.75, 3.05) is 0 Å². The van der Waals surface area contributed by atoms with E-state index in [4.69, 9.17) is 9.84 Å². The highest BCUT2D eigenvalue weighted by molar-refractivity contribution is 5.87. The van der Waals surface area contributed by atoms with E-state index < -0.39 is 10.9 Å². The molecule has 7 heteroatoms. The number of carbonyl (C=O) groups is 1. The number of rotatable bonds is 5. The minimum absolute atomic E-state index is 0.0431. The highest BCUT2D eigenvalue weighted by atomic mass is 16.6. The van der Waals surface area contributed by atoms with Gasteiger partial charge in [0.1, 0.15) is 5.75 Å². The van der Waals surface area contributed by atoms with Gasteiger partial charge < -0.3 is 9.84 Å². The molecule has 1 aromatic carbocycles. The molecule has 7 nitrogen and oxygen atoms in total. The molecule has 0 aliphatic rings. The summed E-state index contributed by atoms with van der Waals surface area (Å²) in [7, 11) is 0. The van der Waals surface area contributed by atoms with Gasteiger partial charge in [0, 0.05) is 12.3 Å². The third-order valence-electron chi connectivity index (χ3n) is 2.82. The highest BCUT2D eigenvalue weighted by Gasteiger charge is 2.17. The van der Waals surface area contributed by atoms with E-state index in [1.54, 1.807) is 6.07 Å². The van der Waals surface area contributed by atoms with Crippen LogP contribution in [0.3, 0.4) is 0 Å². The number of hydrogen-bond donors (Lipinski definition) is 1. The van der Waals surface area contributed by atoms with E-state index >= 15 is 0 Å². The first kappa shape index (κ1) is 14.4. The van der Waals surface area contributed by atoms with Crippen LogP contribution in [0.4, 0.5) is 5.69 Å². The van der Waals surface area contributed by atoms with Crippen LogP contribution in [0.25, 0.3) is 0 Å². The van der Waals surface area contributed by atoms with Crippen molar-refractivity contribution in [1.29, 1.82) is 0 Å². The van der Waals surface area contributed by atoms with E-state index in [0.717, 1.165) is 5.56 Å². The molecule has 0 fully saturated rings. The number of ether oxygens (including phenoxy) is 1. The van der Waals surface area contributed by atoms with Gasteiger partial charge in [-0.15, -0.1) is 0 Å². The predicted octanol–water partition coefficient (Wildman–Crippen LogP) is 3.04. The van der Waals surface area contributed by atoms with E-state index in [2.05, 4.69) is 4.98 Å². The maximum absolute atomic E-state index is 11.1. The number of pyridine rings is 1. The number of carboxylic acid groups (broad SMARTS) is 1. The number of nitrogens with zero attached hydrogens (tertiary/aromatic N) is 2. The Bertz CT molecular complexity index is 700. The molecule has 2 rings (SSSR count). The SMILES string of the molecule is CCc1ccc(Oc2cncc(C(=O)O)c2)c([N+](=O)[O-])c1. The molecule has 108 valence electrons. The second-order valence-electron chi connectivity index (χ2n) is 4.23. The molecule has 2 aromatic rings. The Hall–Kier alpha value is -2.96. The standard InChI is InChI=1S/C14H12N2O5/c1-2-9-3-4-13(12(5-9)16(19)20)21-11-6-10(14(17)18)7-15-8-11/h3-8H,2H2,1H3,(H,17,18). The van der Waals surface area contributed by atoms with Gasteiger partial charge in [0.25, 0.3) is 0 Å². The smallest absolute Gasteiger partial charge is 0.337 e. The van der Waals surface area contributed by atoms with Crippen LogP contribution in [0.2, 0.25) is 0 Å². The molecule has 0 saturated carbocycles. The molecule has 0 unspecified atom stereocenters. The molecule has 0 spiro atoms. The second kappa shape index (κ2) is 6.00. The molecule has 0 radical (unpaired) electrons. The lowest BCUT2D eigenvalue weighted by molar-refractivity contribution is -0.385. The number of hydrogen-bond acceptors (Lipinski definition) is 5. The Balaban J connectivity index is 2.37. The molecule has 1 N–H and O–H groups in total. The summed E-state index contributed by atoms with van der Waals surface area (Å²) in [5, 5.41) is 20.0. The van der Waals surface area contributed by atoms with E-state index in [1.807, 2.05) is 6.92 Å². The van der Waals surface area contributed by atoms with Crippen molar-refractivity contribution in [1.82, 2.24) is 4.98 Å². The topological polar surface area (TPSA) is 103 Å². The Kier molecular flexibility index (Phi) is 4.13. The van der Waals surface area contributed by atoms with Gasteiger partial charge in [-0.05, 0) is 24.1 Å². The lowest BCUT2D eigenvalue weighted by Crippen LogP contribution is -1.99. The number of carboxylic acids is 1. The Labute approximate surface area is 120 Å². The third-order valence-corrected chi connectivity index (χ3v) is 2.82. The first-order chi connectivity index (χ1) is 10.0. The van der Waals surface area contributed by atoms with E-state index in [1.165, 1.54) is 30.6 Å². The molecule has 1 aromatic heterocycles. The zero-order chi connectivity index (χ0) is 15.4. The summed E-state index contributed by atoms with van der Waals surface area (Å²) in [5.74, 6) is -0.979. The van der Waals surface area contributed by atoms with Crippen molar-refractivity contribution in [3.8, 4) is 11.5 Å². The van der Waals surface area contributed by atoms with Gasteiger partial charge in [0.15, 0.2) is 0 Å². The van der Waals surface area contributed by atoms with Crippen LogP contribution < -0.4 is 4.74 Å². The van der Waals surface area contributed by atoms with Gasteiger partial charge in [0.05, 0.1) is 16.7 Å². The van der Waals surface area contributed by atoms with Crippen LogP contribution in [0.5, 0.6) is 11.5 Å². The van der Waals surface area contributed by atoms with Gasteiger partial charge in [0.2, 0.25) is 5.75 Å². The number of aromatic carboxylic acids is 1. The van der Waals surface area contributed by atoms with Crippen molar-refractivity contribution in [2.45, 2.75) is 13.3 Å². The second-order valence-corrected chi connectivity index (χ2v) is 4.23. The number of aromatic nitrogens is 1. The summed E-state index contributed by atoms with van der Waals surface area (Å²) < 4.78 is 5.39. The minimum atomic E-state index is -1.15. The van der Waals surface area contributed by atoms with E-state index in [0.29, 0.717) is 6.42 Å². The fourth-order valence-electron chi connectivity index (χ4n) is 1.73. The van der Waals surface area contributed by atoms with Crippen molar-refractivity contribution >= 4 is 11.7 Å². The summed E-state index contributed by atoms with van der Waals surface area (Å²) in [4.78, 5) is 25.1. The van der Waals surface area contributed by atoms with E-state index in [9.17, 15) is 14.9 Å². The molecule has 0 saturated heterocycles. The molecule has 0 bridgehead atoms. The first-order valence-electron chi connectivity index (χ1n) is 6.14. The molecule has 0 aliphatic carbocycles. The van der Waals surface area contributed by atoms with Gasteiger partial charge in [-0.2, -0.15) is 0 Å². The number of aryl methyl sites for hydroxylation is 1. The minimum Gasteiger partial charge on any atom is -0.478 e. The number of nitro benzene ring substituents is 1. The number of nitro groups is 1. The zero-order valence-electron chi connectivity index (χ0n) is 11.1.